The number of ether oxygens (including phenoxy) is 4. The van der Waals surface area contributed by atoms with Crippen LogP contribution < -0.4 is 24.3 Å². The minimum Gasteiger partial charge on any atom is -0.493 e. The van der Waals surface area contributed by atoms with Crippen LogP contribution in [0.25, 0.3) is 0 Å². The number of methoxy groups -OCH3 is 2. The van der Waals surface area contributed by atoms with Gasteiger partial charge in [0.1, 0.15) is 18.1 Å². The van der Waals surface area contributed by atoms with Gasteiger partial charge < -0.3 is 24.3 Å². The largest absolute Gasteiger partial charge is 0.493 e. The Morgan fingerprint density at radius 3 is 2.35 bits per heavy atom. The molecule has 0 heterocycles. The molecule has 0 bridgehead atoms. The Labute approximate surface area is 182 Å². The summed E-state index contributed by atoms with van der Waals surface area (Å²) in [7, 11) is 3.12. The van der Waals surface area contributed by atoms with Crippen molar-refractivity contribution in [1.82, 2.24) is 0 Å². The molecule has 3 aromatic carbocycles. The third-order valence-corrected chi connectivity index (χ3v) is 4.65. The van der Waals surface area contributed by atoms with Gasteiger partial charge >= 0.3 is 0 Å². The molecule has 1 amide bonds. The van der Waals surface area contributed by atoms with E-state index in [1.807, 2.05) is 38.1 Å². The molecular formula is C25H27NO5. The van der Waals surface area contributed by atoms with Crippen LogP contribution in [0.1, 0.15) is 28.4 Å². The zero-order valence-electron chi connectivity index (χ0n) is 18.2. The number of carbonyl (C=O) groups is 1. The number of hydrogen-bond donors (Lipinski definition) is 1. The van der Waals surface area contributed by atoms with Gasteiger partial charge in [-0.1, -0.05) is 12.1 Å². The molecule has 0 atom stereocenters. The highest BCUT2D eigenvalue weighted by molar-refractivity contribution is 6.04. The molecule has 0 aliphatic rings. The molecule has 0 aromatic heterocycles. The van der Waals surface area contributed by atoms with Gasteiger partial charge in [-0.05, 0) is 61.9 Å². The summed E-state index contributed by atoms with van der Waals surface area (Å²) >= 11 is 0. The van der Waals surface area contributed by atoms with Crippen molar-refractivity contribution in [3.05, 3.63) is 77.4 Å². The van der Waals surface area contributed by atoms with Crippen LogP contribution in [0, 0.1) is 6.92 Å². The number of amides is 1. The van der Waals surface area contributed by atoms with Crippen LogP contribution in [-0.2, 0) is 6.61 Å². The smallest absolute Gasteiger partial charge is 0.255 e. The van der Waals surface area contributed by atoms with Gasteiger partial charge in [-0.15, -0.1) is 0 Å². The van der Waals surface area contributed by atoms with Gasteiger partial charge in [0.2, 0.25) is 0 Å². The highest BCUT2D eigenvalue weighted by atomic mass is 16.5. The molecule has 0 spiro atoms. The number of benzene rings is 3. The number of aryl methyl sites for hydroxylation is 1. The van der Waals surface area contributed by atoms with Crippen LogP contribution in [0.5, 0.6) is 23.0 Å². The second kappa shape index (κ2) is 10.4. The van der Waals surface area contributed by atoms with Crippen molar-refractivity contribution in [2.75, 3.05) is 26.1 Å². The molecule has 0 saturated carbocycles. The van der Waals surface area contributed by atoms with Crippen LogP contribution in [0.4, 0.5) is 5.69 Å². The molecule has 3 aromatic rings. The van der Waals surface area contributed by atoms with E-state index in [4.69, 9.17) is 18.9 Å². The molecule has 6 heteroatoms. The van der Waals surface area contributed by atoms with Crippen LogP contribution in [0.2, 0.25) is 0 Å². The van der Waals surface area contributed by atoms with E-state index >= 15 is 0 Å². The van der Waals surface area contributed by atoms with Gasteiger partial charge in [0.05, 0.1) is 20.8 Å². The van der Waals surface area contributed by atoms with E-state index in [0.717, 1.165) is 16.9 Å². The van der Waals surface area contributed by atoms with E-state index in [1.165, 1.54) is 0 Å². The van der Waals surface area contributed by atoms with Gasteiger partial charge in [-0.2, -0.15) is 0 Å². The van der Waals surface area contributed by atoms with Crippen LogP contribution in [-0.4, -0.2) is 26.7 Å². The molecule has 0 aliphatic heterocycles. The summed E-state index contributed by atoms with van der Waals surface area (Å²) in [6.45, 7) is 4.74. The summed E-state index contributed by atoms with van der Waals surface area (Å²) in [5.74, 6) is 2.35. The molecule has 162 valence electrons. The Bertz CT molecular complexity index is 1050. The standard InChI is InChI=1S/C25H27NO5/c1-5-30-22-11-9-18(14-19(22)16-31-21-8-6-7-17(2)13-21)25(27)26-20-10-12-23(28-3)24(15-20)29-4/h6-15H,5,16H2,1-4H3,(H,26,27). The number of hydrogen-bond acceptors (Lipinski definition) is 5. The zero-order valence-corrected chi connectivity index (χ0v) is 18.2. The third-order valence-electron chi connectivity index (χ3n) is 4.65. The van der Waals surface area contributed by atoms with Crippen LogP contribution in [0.3, 0.4) is 0 Å². The molecule has 6 nitrogen and oxygen atoms in total. The second-order valence-electron chi connectivity index (χ2n) is 6.88. The molecule has 1 N–H and O–H groups in total. The van der Waals surface area contributed by atoms with E-state index in [0.29, 0.717) is 35.1 Å². The van der Waals surface area contributed by atoms with E-state index in [2.05, 4.69) is 5.32 Å². The number of anilines is 1. The average molecular weight is 421 g/mol. The third kappa shape index (κ3) is 5.69. The van der Waals surface area contributed by atoms with E-state index in [-0.39, 0.29) is 12.5 Å². The topological polar surface area (TPSA) is 66.0 Å². The van der Waals surface area contributed by atoms with Gasteiger partial charge in [0.15, 0.2) is 11.5 Å². The minimum atomic E-state index is -0.243. The predicted octanol–water partition coefficient (Wildman–Crippen LogP) is 5.24. The number of rotatable bonds is 9. The Kier molecular flexibility index (Phi) is 7.38. The van der Waals surface area contributed by atoms with E-state index < -0.39 is 0 Å². The summed E-state index contributed by atoms with van der Waals surface area (Å²) in [5, 5.41) is 2.89. The van der Waals surface area contributed by atoms with Crippen molar-refractivity contribution < 1.29 is 23.7 Å². The van der Waals surface area contributed by atoms with Crippen molar-refractivity contribution in [2.24, 2.45) is 0 Å². The summed E-state index contributed by atoms with van der Waals surface area (Å²) in [5.41, 5.74) is 3.02. The summed E-state index contributed by atoms with van der Waals surface area (Å²) in [6, 6.07) is 18.4. The highest BCUT2D eigenvalue weighted by Gasteiger charge is 2.13. The van der Waals surface area contributed by atoms with Gasteiger partial charge in [-0.3, -0.25) is 4.79 Å². The van der Waals surface area contributed by atoms with Gasteiger partial charge in [0, 0.05) is 22.9 Å². The maximum atomic E-state index is 12.8. The van der Waals surface area contributed by atoms with Crippen molar-refractivity contribution in [3.63, 3.8) is 0 Å². The summed E-state index contributed by atoms with van der Waals surface area (Å²) < 4.78 is 22.2. The lowest BCUT2D eigenvalue weighted by Crippen LogP contribution is -2.13. The fraction of sp³-hybridized carbons (Fsp3) is 0.240. The molecule has 0 fully saturated rings. The first-order valence-corrected chi connectivity index (χ1v) is 10.0. The Hall–Kier alpha value is -3.67. The fourth-order valence-electron chi connectivity index (χ4n) is 3.11. The number of nitrogens with one attached hydrogen (secondary N) is 1. The minimum absolute atomic E-state index is 0.243. The quantitative estimate of drug-likeness (QED) is 0.512. The molecule has 0 saturated heterocycles. The van der Waals surface area contributed by atoms with Gasteiger partial charge in [0.25, 0.3) is 5.91 Å². The second-order valence-corrected chi connectivity index (χ2v) is 6.88. The molecule has 0 unspecified atom stereocenters. The lowest BCUT2D eigenvalue weighted by atomic mass is 10.1. The predicted molar refractivity (Wildman–Crippen MR) is 121 cm³/mol. The summed E-state index contributed by atoms with van der Waals surface area (Å²) in [6.07, 6.45) is 0. The molecular weight excluding hydrogens is 394 g/mol. The molecule has 31 heavy (non-hydrogen) atoms. The molecule has 0 aliphatic carbocycles. The summed E-state index contributed by atoms with van der Waals surface area (Å²) in [4.78, 5) is 12.8. The average Bonchev–Trinajstić information content (AvgIpc) is 2.78. The Morgan fingerprint density at radius 2 is 1.65 bits per heavy atom. The maximum absolute atomic E-state index is 12.8. The first kappa shape index (κ1) is 22.0. The normalized spacial score (nSPS) is 10.3. The van der Waals surface area contributed by atoms with Crippen LogP contribution in [0.15, 0.2) is 60.7 Å². The first-order valence-electron chi connectivity index (χ1n) is 10.0. The van der Waals surface area contributed by atoms with Crippen molar-refractivity contribution in [1.29, 1.82) is 0 Å². The lowest BCUT2D eigenvalue weighted by Gasteiger charge is -2.14. The number of carbonyl (C=O) groups excluding carboxylic acids is 1. The lowest BCUT2D eigenvalue weighted by molar-refractivity contribution is 0.102. The van der Waals surface area contributed by atoms with E-state index in [1.54, 1.807) is 50.6 Å². The monoisotopic (exact) mass is 421 g/mol. The van der Waals surface area contributed by atoms with Crippen LogP contribution >= 0.6 is 0 Å². The Morgan fingerprint density at radius 1 is 0.871 bits per heavy atom. The van der Waals surface area contributed by atoms with Crippen molar-refractivity contribution in [3.8, 4) is 23.0 Å². The van der Waals surface area contributed by atoms with Crippen molar-refractivity contribution in [2.45, 2.75) is 20.5 Å². The van der Waals surface area contributed by atoms with Gasteiger partial charge in [-0.25, -0.2) is 0 Å². The highest BCUT2D eigenvalue weighted by Crippen LogP contribution is 2.30. The fourth-order valence-corrected chi connectivity index (χ4v) is 3.11. The zero-order chi connectivity index (χ0) is 22.2. The molecule has 0 radical (unpaired) electrons. The molecule has 3 rings (SSSR count). The van der Waals surface area contributed by atoms with Crippen molar-refractivity contribution >= 4 is 11.6 Å². The first-order chi connectivity index (χ1) is 15.0. The SMILES string of the molecule is CCOc1ccc(C(=O)Nc2ccc(OC)c(OC)c2)cc1COc1cccc(C)c1. The Balaban J connectivity index is 1.79. The maximum Gasteiger partial charge on any atom is 0.255 e. The van der Waals surface area contributed by atoms with E-state index in [9.17, 15) is 4.79 Å².